The summed E-state index contributed by atoms with van der Waals surface area (Å²) in [6.45, 7) is 13.1. The first-order valence-corrected chi connectivity index (χ1v) is 4.87. The minimum Gasteiger partial charge on any atom is -0.103 e. The molecule has 0 bridgehead atoms. The summed E-state index contributed by atoms with van der Waals surface area (Å²) in [4.78, 5) is 0. The van der Waals surface area contributed by atoms with Crippen LogP contribution in [0.2, 0.25) is 0 Å². The van der Waals surface area contributed by atoms with Gasteiger partial charge in [-0.05, 0) is 38.0 Å². The summed E-state index contributed by atoms with van der Waals surface area (Å²) in [7, 11) is 0. The molecule has 0 radical (unpaired) electrons. The molecule has 0 fully saturated rings. The topological polar surface area (TPSA) is 0 Å². The van der Waals surface area contributed by atoms with Gasteiger partial charge in [-0.1, -0.05) is 31.1 Å². The molecule has 0 saturated carbocycles. The van der Waals surface area contributed by atoms with Crippen molar-refractivity contribution in [3.63, 3.8) is 0 Å². The highest BCUT2D eigenvalue weighted by Crippen LogP contribution is 2.42. The molecule has 0 heteroatoms. The van der Waals surface area contributed by atoms with Crippen molar-refractivity contribution < 1.29 is 0 Å². The van der Waals surface area contributed by atoms with Crippen LogP contribution in [0, 0.1) is 17.8 Å². The van der Waals surface area contributed by atoms with E-state index < -0.39 is 0 Å². The van der Waals surface area contributed by atoms with Crippen LogP contribution >= 0.6 is 0 Å². The zero-order valence-electron chi connectivity index (χ0n) is 8.72. The van der Waals surface area contributed by atoms with Gasteiger partial charge < -0.3 is 0 Å². The van der Waals surface area contributed by atoms with Gasteiger partial charge >= 0.3 is 0 Å². The Kier molecular flexibility index (Phi) is 2.76. The third-order valence-corrected chi connectivity index (χ3v) is 3.71. The van der Waals surface area contributed by atoms with Crippen LogP contribution in [0.1, 0.15) is 34.1 Å². The molecule has 68 valence electrons. The van der Waals surface area contributed by atoms with Gasteiger partial charge in [0.2, 0.25) is 0 Å². The van der Waals surface area contributed by atoms with E-state index in [0.717, 1.165) is 24.2 Å². The summed E-state index contributed by atoms with van der Waals surface area (Å²) in [5, 5.41) is 0. The summed E-state index contributed by atoms with van der Waals surface area (Å²) < 4.78 is 0. The number of allylic oxidation sites excluding steroid dienone is 3. The van der Waals surface area contributed by atoms with Crippen LogP contribution in [-0.4, -0.2) is 0 Å². The van der Waals surface area contributed by atoms with Crippen molar-refractivity contribution in [2.75, 3.05) is 0 Å². The van der Waals surface area contributed by atoms with Gasteiger partial charge in [0.25, 0.3) is 0 Å². The maximum absolute atomic E-state index is 3.82. The van der Waals surface area contributed by atoms with E-state index >= 15 is 0 Å². The van der Waals surface area contributed by atoms with Crippen LogP contribution in [0.3, 0.4) is 0 Å². The van der Waals surface area contributed by atoms with Gasteiger partial charge in [0, 0.05) is 0 Å². The lowest BCUT2D eigenvalue weighted by atomic mass is 9.85. The van der Waals surface area contributed by atoms with E-state index in [1.807, 2.05) is 0 Å². The maximum atomic E-state index is 3.82. The molecule has 0 aromatic heterocycles. The molecule has 0 spiro atoms. The second kappa shape index (κ2) is 3.47. The third-order valence-electron chi connectivity index (χ3n) is 3.71. The van der Waals surface area contributed by atoms with Gasteiger partial charge in [-0.3, -0.25) is 0 Å². The highest BCUT2D eigenvalue weighted by atomic mass is 14.4. The van der Waals surface area contributed by atoms with E-state index in [2.05, 4.69) is 40.3 Å². The van der Waals surface area contributed by atoms with Crippen LogP contribution in [0.4, 0.5) is 0 Å². The van der Waals surface area contributed by atoms with Crippen molar-refractivity contribution in [3.8, 4) is 0 Å². The lowest BCUT2D eigenvalue weighted by molar-refractivity contribution is 0.360. The van der Waals surface area contributed by atoms with Gasteiger partial charge in [0.15, 0.2) is 0 Å². The number of hydrogen-bond donors (Lipinski definition) is 0. The molecule has 2 unspecified atom stereocenters. The Balaban J connectivity index is 2.79. The van der Waals surface area contributed by atoms with Crippen molar-refractivity contribution in [2.45, 2.75) is 34.1 Å². The lowest BCUT2D eigenvalue weighted by Gasteiger charge is -2.19. The van der Waals surface area contributed by atoms with Crippen LogP contribution in [0.15, 0.2) is 23.8 Å². The summed E-state index contributed by atoms with van der Waals surface area (Å²) in [6.07, 6.45) is 3.22. The second-order valence-electron chi connectivity index (χ2n) is 4.13. The van der Waals surface area contributed by atoms with Gasteiger partial charge in [0.05, 0.1) is 0 Å². The molecular weight excluding hydrogens is 144 g/mol. The predicted molar refractivity (Wildman–Crippen MR) is 55.0 cm³/mol. The van der Waals surface area contributed by atoms with E-state index in [1.165, 1.54) is 0 Å². The van der Waals surface area contributed by atoms with E-state index in [0.29, 0.717) is 0 Å². The molecule has 0 aliphatic heterocycles. The highest BCUT2D eigenvalue weighted by molar-refractivity contribution is 5.23. The van der Waals surface area contributed by atoms with Crippen LogP contribution in [-0.2, 0) is 0 Å². The molecule has 12 heavy (non-hydrogen) atoms. The molecular formula is C12H20. The summed E-state index contributed by atoms with van der Waals surface area (Å²) >= 11 is 0. The zero-order chi connectivity index (χ0) is 9.30. The van der Waals surface area contributed by atoms with Gasteiger partial charge in [0.1, 0.15) is 0 Å². The van der Waals surface area contributed by atoms with E-state index in [1.54, 1.807) is 11.1 Å². The van der Waals surface area contributed by atoms with Gasteiger partial charge in [-0.2, -0.15) is 0 Å². The van der Waals surface area contributed by atoms with Crippen molar-refractivity contribution >= 4 is 0 Å². The fraction of sp³-hybridized carbons (Fsp3) is 0.667. The Bertz CT molecular complexity index is 192. The largest absolute Gasteiger partial charge is 0.103 e. The average Bonchev–Trinajstić information content (AvgIpc) is 2.23. The number of rotatable bonds is 2. The Morgan fingerprint density at radius 2 is 1.58 bits per heavy atom. The molecule has 1 aliphatic rings. The molecule has 0 heterocycles. The van der Waals surface area contributed by atoms with Crippen molar-refractivity contribution in [1.29, 1.82) is 0 Å². The predicted octanol–water partition coefficient (Wildman–Crippen LogP) is 3.80. The van der Waals surface area contributed by atoms with E-state index in [4.69, 9.17) is 0 Å². The molecule has 2 atom stereocenters. The summed E-state index contributed by atoms with van der Waals surface area (Å²) in [6, 6.07) is 0. The van der Waals surface area contributed by atoms with Crippen LogP contribution < -0.4 is 0 Å². The minimum atomic E-state index is 0.762. The van der Waals surface area contributed by atoms with Crippen LogP contribution in [0.5, 0.6) is 0 Å². The SMILES string of the molecule is C=CCC1C(C)C(C)=C(C)C1C. The normalized spacial score (nSPS) is 35.8. The summed E-state index contributed by atoms with van der Waals surface area (Å²) in [5.74, 6) is 2.33. The molecule has 0 saturated heterocycles. The Morgan fingerprint density at radius 1 is 1.17 bits per heavy atom. The molecule has 0 aromatic carbocycles. The fourth-order valence-electron chi connectivity index (χ4n) is 2.39. The maximum Gasteiger partial charge on any atom is -0.0195 e. The summed E-state index contributed by atoms with van der Waals surface area (Å²) in [5.41, 5.74) is 3.21. The van der Waals surface area contributed by atoms with Crippen molar-refractivity contribution in [1.82, 2.24) is 0 Å². The Morgan fingerprint density at radius 3 is 1.92 bits per heavy atom. The first-order valence-electron chi connectivity index (χ1n) is 4.87. The zero-order valence-corrected chi connectivity index (χ0v) is 8.72. The minimum absolute atomic E-state index is 0.762. The third kappa shape index (κ3) is 1.35. The van der Waals surface area contributed by atoms with Gasteiger partial charge in [-0.15, -0.1) is 6.58 Å². The van der Waals surface area contributed by atoms with E-state index in [9.17, 15) is 0 Å². The standard InChI is InChI=1S/C12H20/c1-6-7-12-10(4)8(2)9(3)11(12)5/h6,10-12H,1,7H2,2-5H3. The van der Waals surface area contributed by atoms with Crippen molar-refractivity contribution in [3.05, 3.63) is 23.8 Å². The second-order valence-corrected chi connectivity index (χ2v) is 4.13. The van der Waals surface area contributed by atoms with Gasteiger partial charge in [-0.25, -0.2) is 0 Å². The molecule has 1 rings (SSSR count). The Labute approximate surface area is 76.4 Å². The Hall–Kier alpha value is -0.520. The van der Waals surface area contributed by atoms with Crippen molar-refractivity contribution in [2.24, 2.45) is 17.8 Å². The highest BCUT2D eigenvalue weighted by Gasteiger charge is 2.32. The number of hydrogen-bond acceptors (Lipinski definition) is 0. The molecule has 0 aromatic rings. The molecule has 1 aliphatic carbocycles. The van der Waals surface area contributed by atoms with E-state index in [-0.39, 0.29) is 0 Å². The quantitative estimate of drug-likeness (QED) is 0.544. The monoisotopic (exact) mass is 164 g/mol. The smallest absolute Gasteiger partial charge is 0.0195 e. The molecule has 0 N–H and O–H groups in total. The average molecular weight is 164 g/mol. The van der Waals surface area contributed by atoms with Crippen LogP contribution in [0.25, 0.3) is 0 Å². The lowest BCUT2D eigenvalue weighted by Crippen LogP contribution is -2.12. The molecule has 0 amide bonds. The first-order chi connectivity index (χ1) is 5.59. The molecule has 0 nitrogen and oxygen atoms in total. The first kappa shape index (κ1) is 9.57. The fourth-order valence-corrected chi connectivity index (χ4v) is 2.39.